The zero-order valence-corrected chi connectivity index (χ0v) is 17.6. The Balaban J connectivity index is 1.87. The monoisotopic (exact) mass is 395 g/mol. The number of aryl methyl sites for hydroxylation is 3. The third kappa shape index (κ3) is 4.39. The van der Waals surface area contributed by atoms with Crippen molar-refractivity contribution in [2.45, 2.75) is 39.0 Å². The Hall–Kier alpha value is -2.95. The number of nitrogens with one attached hydrogen (secondary N) is 1. The molecule has 0 aliphatic carbocycles. The Labute approximate surface area is 171 Å². The van der Waals surface area contributed by atoms with Gasteiger partial charge in [0, 0.05) is 0 Å². The minimum atomic E-state index is -0.112. The van der Waals surface area contributed by atoms with Crippen LogP contribution in [0.3, 0.4) is 0 Å². The lowest BCUT2D eigenvalue weighted by molar-refractivity contribution is 0.357. The van der Waals surface area contributed by atoms with E-state index in [2.05, 4.69) is 29.2 Å². The summed E-state index contributed by atoms with van der Waals surface area (Å²) in [6, 6.07) is 12.4. The Bertz CT molecular complexity index is 1020. The lowest BCUT2D eigenvalue weighted by Gasteiger charge is -2.16. The fourth-order valence-corrected chi connectivity index (χ4v) is 3.86. The van der Waals surface area contributed by atoms with Crippen LogP contribution in [-0.2, 0) is 12.8 Å². The van der Waals surface area contributed by atoms with Crippen LogP contribution >= 0.6 is 0 Å². The molecule has 0 aliphatic rings. The van der Waals surface area contributed by atoms with E-state index in [9.17, 15) is 4.79 Å². The number of aromatic amines is 1. The van der Waals surface area contributed by atoms with Crippen LogP contribution < -0.4 is 19.6 Å². The van der Waals surface area contributed by atoms with Gasteiger partial charge in [-0.15, -0.1) is 0 Å². The van der Waals surface area contributed by atoms with Gasteiger partial charge in [-0.1, -0.05) is 36.8 Å². The number of aromatic nitrogens is 1. The minimum Gasteiger partial charge on any atom is -0.493 e. The fourth-order valence-electron chi connectivity index (χ4n) is 3.86. The van der Waals surface area contributed by atoms with Gasteiger partial charge >= 0.3 is 0 Å². The highest BCUT2D eigenvalue weighted by atomic mass is 16.5. The molecule has 0 spiro atoms. The van der Waals surface area contributed by atoms with Gasteiger partial charge in [-0.25, -0.2) is 0 Å². The largest absolute Gasteiger partial charge is 0.493 e. The molecule has 0 saturated carbocycles. The number of pyridine rings is 1. The second-order valence-electron chi connectivity index (χ2n) is 7.18. The van der Waals surface area contributed by atoms with Gasteiger partial charge in [-0.3, -0.25) is 4.79 Å². The topological polar surface area (TPSA) is 60.5 Å². The van der Waals surface area contributed by atoms with E-state index in [1.54, 1.807) is 14.2 Å². The number of ether oxygens (including phenoxy) is 3. The number of benzene rings is 2. The number of hydrogen-bond donors (Lipinski definition) is 1. The molecular formula is C24H29NO4. The lowest BCUT2D eigenvalue weighted by atomic mass is 9.98. The molecule has 0 radical (unpaired) electrons. The molecular weight excluding hydrogens is 366 g/mol. The summed E-state index contributed by atoms with van der Waals surface area (Å²) < 4.78 is 16.4. The Morgan fingerprint density at radius 2 is 1.55 bits per heavy atom. The number of rotatable bonds is 9. The number of methoxy groups -OCH3 is 3. The summed E-state index contributed by atoms with van der Waals surface area (Å²) in [6.45, 7) is 1.82. The van der Waals surface area contributed by atoms with Crippen LogP contribution in [-0.4, -0.2) is 26.3 Å². The fraction of sp³-hybridized carbons (Fsp3) is 0.375. The average Bonchev–Trinajstić information content (AvgIpc) is 2.73. The van der Waals surface area contributed by atoms with Crippen molar-refractivity contribution in [2.75, 3.05) is 21.3 Å². The van der Waals surface area contributed by atoms with Crippen LogP contribution in [0.25, 0.3) is 10.9 Å². The van der Waals surface area contributed by atoms with Crippen LogP contribution in [0.4, 0.5) is 0 Å². The van der Waals surface area contributed by atoms with Gasteiger partial charge in [0.05, 0.1) is 37.9 Å². The Morgan fingerprint density at radius 1 is 0.862 bits per heavy atom. The van der Waals surface area contributed by atoms with E-state index in [0.29, 0.717) is 33.8 Å². The van der Waals surface area contributed by atoms with Crippen molar-refractivity contribution in [1.29, 1.82) is 0 Å². The van der Waals surface area contributed by atoms with Crippen molar-refractivity contribution in [3.8, 4) is 17.2 Å². The maximum Gasteiger partial charge on any atom is 0.231 e. The highest BCUT2D eigenvalue weighted by Gasteiger charge is 2.20. The molecule has 0 unspecified atom stereocenters. The maximum absolute atomic E-state index is 13.1. The zero-order chi connectivity index (χ0) is 20.8. The maximum atomic E-state index is 13.1. The van der Waals surface area contributed by atoms with Crippen LogP contribution in [0.1, 0.15) is 36.1 Å². The molecule has 1 heterocycles. The summed E-state index contributed by atoms with van der Waals surface area (Å²) in [5.41, 5.74) is 3.54. The van der Waals surface area contributed by atoms with Crippen molar-refractivity contribution in [3.63, 3.8) is 0 Å². The van der Waals surface area contributed by atoms with Crippen molar-refractivity contribution < 1.29 is 14.2 Å². The molecule has 0 saturated heterocycles. The van der Waals surface area contributed by atoms with Crippen molar-refractivity contribution in [3.05, 3.63) is 63.4 Å². The molecule has 5 nitrogen and oxygen atoms in total. The first-order chi connectivity index (χ1) is 14.1. The van der Waals surface area contributed by atoms with Crippen LogP contribution in [0.15, 0.2) is 41.2 Å². The molecule has 0 aliphatic heterocycles. The standard InChI is InChI=1S/C24H29NO4/c1-16-23(28-3)22(26)20-18(15-19(27-2)24(29-4)21(20)25-16)14-10-6-9-13-17-11-7-5-8-12-17/h5,7-8,11-12,15H,6,9-10,13-14H2,1-4H3,(H,25,26). The summed E-state index contributed by atoms with van der Waals surface area (Å²) in [5, 5.41) is 0.619. The number of unbranched alkanes of at least 4 members (excludes halogenated alkanes) is 2. The first-order valence-electron chi connectivity index (χ1n) is 9.99. The molecule has 0 atom stereocenters. The Morgan fingerprint density at radius 3 is 2.21 bits per heavy atom. The molecule has 5 heteroatoms. The number of fused-ring (bicyclic) bond motifs is 1. The lowest BCUT2D eigenvalue weighted by Crippen LogP contribution is -2.13. The number of hydrogen-bond acceptors (Lipinski definition) is 4. The predicted octanol–water partition coefficient (Wildman–Crippen LogP) is 4.82. The first kappa shape index (κ1) is 20.8. The molecule has 29 heavy (non-hydrogen) atoms. The molecule has 1 N–H and O–H groups in total. The minimum absolute atomic E-state index is 0.112. The van der Waals surface area contributed by atoms with Crippen LogP contribution in [0.2, 0.25) is 0 Å². The van der Waals surface area contributed by atoms with Gasteiger partial charge < -0.3 is 19.2 Å². The zero-order valence-electron chi connectivity index (χ0n) is 17.6. The van der Waals surface area contributed by atoms with Gasteiger partial charge in [0.1, 0.15) is 0 Å². The number of H-pyrrole nitrogens is 1. The highest BCUT2D eigenvalue weighted by Crippen LogP contribution is 2.37. The van der Waals surface area contributed by atoms with E-state index in [1.165, 1.54) is 12.7 Å². The van der Waals surface area contributed by atoms with Gasteiger partial charge in [-0.05, 0) is 49.8 Å². The third-order valence-corrected chi connectivity index (χ3v) is 5.30. The summed E-state index contributed by atoms with van der Waals surface area (Å²) in [5.74, 6) is 1.51. The Kier molecular flexibility index (Phi) is 6.81. The molecule has 0 amide bonds. The van der Waals surface area contributed by atoms with Gasteiger partial charge in [0.2, 0.25) is 5.43 Å². The van der Waals surface area contributed by atoms with E-state index in [4.69, 9.17) is 14.2 Å². The van der Waals surface area contributed by atoms with Gasteiger partial charge in [0.25, 0.3) is 0 Å². The van der Waals surface area contributed by atoms with Crippen LogP contribution in [0, 0.1) is 6.92 Å². The van der Waals surface area contributed by atoms with Crippen molar-refractivity contribution in [2.24, 2.45) is 0 Å². The molecule has 3 aromatic rings. The molecule has 154 valence electrons. The van der Waals surface area contributed by atoms with Gasteiger partial charge in [-0.2, -0.15) is 0 Å². The highest BCUT2D eigenvalue weighted by molar-refractivity contribution is 5.91. The SMILES string of the molecule is COc1cc(CCCCCc2ccccc2)c2c(=O)c(OC)c(C)[nH]c2c1OC. The molecule has 2 aromatic carbocycles. The second-order valence-corrected chi connectivity index (χ2v) is 7.18. The molecule has 0 bridgehead atoms. The average molecular weight is 395 g/mol. The summed E-state index contributed by atoms with van der Waals surface area (Å²) in [7, 11) is 4.72. The van der Waals surface area contributed by atoms with E-state index < -0.39 is 0 Å². The first-order valence-corrected chi connectivity index (χ1v) is 9.99. The van der Waals surface area contributed by atoms with E-state index in [-0.39, 0.29) is 5.43 Å². The van der Waals surface area contributed by atoms with Gasteiger partial charge in [0.15, 0.2) is 17.2 Å². The van der Waals surface area contributed by atoms with Crippen molar-refractivity contribution >= 4 is 10.9 Å². The van der Waals surface area contributed by atoms with E-state index in [1.807, 2.05) is 19.1 Å². The normalized spacial score (nSPS) is 10.9. The summed E-state index contributed by atoms with van der Waals surface area (Å²) >= 11 is 0. The predicted molar refractivity (Wildman–Crippen MR) is 117 cm³/mol. The van der Waals surface area contributed by atoms with E-state index >= 15 is 0 Å². The molecule has 3 rings (SSSR count). The van der Waals surface area contributed by atoms with E-state index in [0.717, 1.165) is 37.7 Å². The smallest absolute Gasteiger partial charge is 0.231 e. The molecule has 1 aromatic heterocycles. The van der Waals surface area contributed by atoms with Crippen LogP contribution in [0.5, 0.6) is 17.2 Å². The molecule has 0 fully saturated rings. The summed E-state index contributed by atoms with van der Waals surface area (Å²) in [4.78, 5) is 16.4. The van der Waals surface area contributed by atoms with Crippen molar-refractivity contribution in [1.82, 2.24) is 4.98 Å². The summed E-state index contributed by atoms with van der Waals surface area (Å²) in [6.07, 6.45) is 5.06. The second kappa shape index (κ2) is 9.50. The quantitative estimate of drug-likeness (QED) is 0.528. The third-order valence-electron chi connectivity index (χ3n) is 5.30.